The number of nitrogens with one attached hydrogen (secondary N) is 3. The Morgan fingerprint density at radius 2 is 2.06 bits per heavy atom. The Hall–Kier alpha value is -1.67. The van der Waals surface area contributed by atoms with Crippen LogP contribution in [0, 0.1) is 0 Å². The number of carbonyl (C=O) groups is 1. The number of amides is 1. The molecule has 0 spiro atoms. The zero-order chi connectivity index (χ0) is 13.6. The summed E-state index contributed by atoms with van der Waals surface area (Å²) in [5.41, 5.74) is 0.0783. The number of pyridine rings is 1. The SMILES string of the molecule is CS(=O)(=O)NCCCNC(=O)c1ccc(=O)[nH]c1. The van der Waals surface area contributed by atoms with E-state index in [0.29, 0.717) is 18.5 Å². The molecular formula is C10H15N3O4S. The first-order valence-corrected chi connectivity index (χ1v) is 7.19. The third-order valence-corrected chi connectivity index (χ3v) is 2.78. The zero-order valence-electron chi connectivity index (χ0n) is 9.89. The summed E-state index contributed by atoms with van der Waals surface area (Å²) in [4.78, 5) is 24.7. The van der Waals surface area contributed by atoms with Crippen molar-refractivity contribution in [3.63, 3.8) is 0 Å². The molecule has 0 radical (unpaired) electrons. The first kappa shape index (κ1) is 14.4. The molecule has 18 heavy (non-hydrogen) atoms. The van der Waals surface area contributed by atoms with E-state index in [1.165, 1.54) is 18.3 Å². The van der Waals surface area contributed by atoms with Gasteiger partial charge in [-0.15, -0.1) is 0 Å². The molecule has 100 valence electrons. The molecule has 0 atom stereocenters. The van der Waals surface area contributed by atoms with Crippen LogP contribution in [0.1, 0.15) is 16.8 Å². The van der Waals surface area contributed by atoms with Crippen molar-refractivity contribution in [1.82, 2.24) is 15.0 Å². The molecule has 0 bridgehead atoms. The van der Waals surface area contributed by atoms with E-state index in [4.69, 9.17) is 0 Å². The Balaban J connectivity index is 2.30. The van der Waals surface area contributed by atoms with Crippen LogP contribution in [0.5, 0.6) is 0 Å². The first-order valence-electron chi connectivity index (χ1n) is 5.30. The van der Waals surface area contributed by atoms with Gasteiger partial charge in [-0.3, -0.25) is 9.59 Å². The van der Waals surface area contributed by atoms with Gasteiger partial charge in [0.2, 0.25) is 15.6 Å². The molecule has 1 aromatic heterocycles. The highest BCUT2D eigenvalue weighted by Gasteiger charge is 2.04. The Morgan fingerprint density at radius 3 is 2.61 bits per heavy atom. The van der Waals surface area contributed by atoms with Gasteiger partial charge in [-0.1, -0.05) is 0 Å². The van der Waals surface area contributed by atoms with E-state index in [2.05, 4.69) is 15.0 Å². The van der Waals surface area contributed by atoms with Crippen LogP contribution in [0.2, 0.25) is 0 Å². The number of hydrogen-bond acceptors (Lipinski definition) is 4. The van der Waals surface area contributed by atoms with E-state index >= 15 is 0 Å². The van der Waals surface area contributed by atoms with Crippen molar-refractivity contribution in [2.75, 3.05) is 19.3 Å². The van der Waals surface area contributed by atoms with Crippen molar-refractivity contribution >= 4 is 15.9 Å². The smallest absolute Gasteiger partial charge is 0.252 e. The lowest BCUT2D eigenvalue weighted by Crippen LogP contribution is -2.29. The summed E-state index contributed by atoms with van der Waals surface area (Å²) in [6.07, 6.45) is 2.89. The number of sulfonamides is 1. The number of rotatable bonds is 6. The number of aromatic nitrogens is 1. The van der Waals surface area contributed by atoms with Crippen molar-refractivity contribution < 1.29 is 13.2 Å². The molecule has 0 saturated carbocycles. The Labute approximate surface area is 105 Å². The minimum atomic E-state index is -3.18. The van der Waals surface area contributed by atoms with Crippen LogP contribution >= 0.6 is 0 Å². The Bertz CT molecular complexity index is 544. The van der Waals surface area contributed by atoms with E-state index in [1.54, 1.807) is 0 Å². The highest BCUT2D eigenvalue weighted by Crippen LogP contribution is 1.92. The number of aromatic amines is 1. The molecule has 0 saturated heterocycles. The molecule has 0 fully saturated rings. The largest absolute Gasteiger partial charge is 0.352 e. The predicted octanol–water partition coefficient (Wildman–Crippen LogP) is -0.956. The van der Waals surface area contributed by atoms with Crippen molar-refractivity contribution in [3.05, 3.63) is 34.2 Å². The highest BCUT2D eigenvalue weighted by molar-refractivity contribution is 7.88. The molecule has 1 aromatic rings. The second kappa shape index (κ2) is 6.31. The quantitative estimate of drug-likeness (QED) is 0.580. The fraction of sp³-hybridized carbons (Fsp3) is 0.400. The van der Waals surface area contributed by atoms with Gasteiger partial charge in [0.1, 0.15) is 0 Å². The summed E-state index contributed by atoms with van der Waals surface area (Å²) in [6.45, 7) is 0.616. The maximum atomic E-state index is 11.5. The van der Waals surface area contributed by atoms with E-state index in [9.17, 15) is 18.0 Å². The fourth-order valence-electron chi connectivity index (χ4n) is 1.20. The van der Waals surface area contributed by atoms with Crippen LogP contribution in [0.3, 0.4) is 0 Å². The molecule has 8 heteroatoms. The molecule has 0 aliphatic heterocycles. The van der Waals surface area contributed by atoms with Crippen LogP contribution in [-0.4, -0.2) is 38.7 Å². The van der Waals surface area contributed by atoms with E-state index in [0.717, 1.165) is 6.26 Å². The van der Waals surface area contributed by atoms with Gasteiger partial charge >= 0.3 is 0 Å². The van der Waals surface area contributed by atoms with Gasteiger partial charge in [0.15, 0.2) is 0 Å². The Kier molecular flexibility index (Phi) is 5.05. The molecule has 0 aliphatic carbocycles. The summed E-state index contributed by atoms with van der Waals surface area (Å²) < 4.78 is 23.8. The molecule has 0 unspecified atom stereocenters. The molecule has 0 aliphatic rings. The van der Waals surface area contributed by atoms with Crippen molar-refractivity contribution in [2.45, 2.75) is 6.42 Å². The fourth-order valence-corrected chi connectivity index (χ4v) is 1.72. The summed E-state index contributed by atoms with van der Waals surface area (Å²) in [6, 6.07) is 2.68. The van der Waals surface area contributed by atoms with E-state index in [-0.39, 0.29) is 18.0 Å². The maximum Gasteiger partial charge on any atom is 0.252 e. The second-order valence-electron chi connectivity index (χ2n) is 3.72. The zero-order valence-corrected chi connectivity index (χ0v) is 10.7. The van der Waals surface area contributed by atoms with Crippen molar-refractivity contribution in [2.24, 2.45) is 0 Å². The molecule has 1 amide bonds. The second-order valence-corrected chi connectivity index (χ2v) is 5.55. The van der Waals surface area contributed by atoms with Gasteiger partial charge in [0.05, 0.1) is 11.8 Å². The van der Waals surface area contributed by atoms with E-state index < -0.39 is 10.0 Å². The summed E-state index contributed by atoms with van der Waals surface area (Å²) in [7, 11) is -3.18. The third-order valence-electron chi connectivity index (χ3n) is 2.05. The first-order chi connectivity index (χ1) is 8.38. The van der Waals surface area contributed by atoms with Crippen LogP contribution in [0.4, 0.5) is 0 Å². The molecule has 0 aromatic carbocycles. The number of H-pyrrole nitrogens is 1. The minimum Gasteiger partial charge on any atom is -0.352 e. The third kappa shape index (κ3) is 5.60. The summed E-state index contributed by atoms with van der Waals surface area (Å²) >= 11 is 0. The molecule has 3 N–H and O–H groups in total. The van der Waals surface area contributed by atoms with Crippen LogP contribution < -0.4 is 15.6 Å². The Morgan fingerprint density at radius 1 is 1.33 bits per heavy atom. The summed E-state index contributed by atoms with van der Waals surface area (Å²) in [5.74, 6) is -0.314. The van der Waals surface area contributed by atoms with Gasteiger partial charge in [-0.2, -0.15) is 0 Å². The van der Waals surface area contributed by atoms with Gasteiger partial charge in [-0.25, -0.2) is 13.1 Å². The molecule has 7 nitrogen and oxygen atoms in total. The lowest BCUT2D eigenvalue weighted by Gasteiger charge is -2.05. The van der Waals surface area contributed by atoms with Crippen molar-refractivity contribution in [3.8, 4) is 0 Å². The summed E-state index contributed by atoms with van der Waals surface area (Å²) in [5, 5.41) is 2.61. The monoisotopic (exact) mass is 273 g/mol. The predicted molar refractivity (Wildman–Crippen MR) is 66.9 cm³/mol. The van der Waals surface area contributed by atoms with Gasteiger partial charge in [0, 0.05) is 25.4 Å². The average Bonchev–Trinajstić information content (AvgIpc) is 2.27. The van der Waals surface area contributed by atoms with Crippen molar-refractivity contribution in [1.29, 1.82) is 0 Å². The topological polar surface area (TPSA) is 108 Å². The molecule has 1 heterocycles. The van der Waals surface area contributed by atoms with Crippen LogP contribution in [0.25, 0.3) is 0 Å². The van der Waals surface area contributed by atoms with E-state index in [1.807, 2.05) is 0 Å². The van der Waals surface area contributed by atoms with Gasteiger partial charge in [-0.05, 0) is 12.5 Å². The number of carbonyl (C=O) groups excluding carboxylic acids is 1. The maximum absolute atomic E-state index is 11.5. The number of hydrogen-bond donors (Lipinski definition) is 3. The average molecular weight is 273 g/mol. The highest BCUT2D eigenvalue weighted by atomic mass is 32.2. The molecule has 1 rings (SSSR count). The minimum absolute atomic E-state index is 0.269. The van der Waals surface area contributed by atoms with Gasteiger partial charge in [0.25, 0.3) is 5.91 Å². The normalized spacial score (nSPS) is 11.2. The molecular weight excluding hydrogens is 258 g/mol. The van der Waals surface area contributed by atoms with Gasteiger partial charge < -0.3 is 10.3 Å². The van der Waals surface area contributed by atoms with Crippen LogP contribution in [0.15, 0.2) is 23.1 Å². The lowest BCUT2D eigenvalue weighted by atomic mass is 10.2. The van der Waals surface area contributed by atoms with Crippen LogP contribution in [-0.2, 0) is 10.0 Å². The lowest BCUT2D eigenvalue weighted by molar-refractivity contribution is 0.0953. The standard InChI is InChI=1S/C10H15N3O4S/c1-18(16,17)13-6-2-5-11-10(15)8-3-4-9(14)12-7-8/h3-4,7,13H,2,5-6H2,1H3,(H,11,15)(H,12,14).